The lowest BCUT2D eigenvalue weighted by molar-refractivity contribution is -0.316. The number of esters is 1. The molecular weight excluding hydrogens is 680 g/mol. The highest BCUT2D eigenvalue weighted by Crippen LogP contribution is 2.70. The molecule has 274 valence electrons. The molecule has 0 amide bonds. The number of carboxylic acids is 1. The Labute approximate surface area is 280 Å². The molecule has 16 nitrogen and oxygen atoms in total. The molecule has 48 heavy (non-hydrogen) atoms. The summed E-state index contributed by atoms with van der Waals surface area (Å²) in [5.41, 5.74) is -0.319. The molecule has 1 spiro atoms. The van der Waals surface area contributed by atoms with Gasteiger partial charge in [-0.25, -0.2) is 8.37 Å². The largest absolute Gasteiger partial charge is 0.481 e. The number of aliphatic hydroxyl groups is 2. The number of rotatable bonds is 11. The lowest BCUT2D eigenvalue weighted by Gasteiger charge is -2.62. The van der Waals surface area contributed by atoms with Crippen LogP contribution in [0.15, 0.2) is 12.2 Å². The molecule has 5 aliphatic rings. The summed E-state index contributed by atoms with van der Waals surface area (Å²) in [6, 6.07) is 0. The van der Waals surface area contributed by atoms with Crippen molar-refractivity contribution in [2.24, 2.45) is 40.4 Å². The zero-order chi connectivity index (χ0) is 35.6. The second kappa shape index (κ2) is 13.4. The number of aliphatic hydroxyl groups excluding tert-OH is 2. The maximum absolute atomic E-state index is 12.9. The third-order valence-corrected chi connectivity index (χ3v) is 12.4. The summed E-state index contributed by atoms with van der Waals surface area (Å²) in [6.45, 7) is 8.52. The van der Waals surface area contributed by atoms with Crippen molar-refractivity contribution in [3.63, 3.8) is 0 Å². The Hall–Kier alpha value is -1.74. The Balaban J connectivity index is 1.51. The Morgan fingerprint density at radius 3 is 2.25 bits per heavy atom. The van der Waals surface area contributed by atoms with Crippen LogP contribution in [0.2, 0.25) is 0 Å². The van der Waals surface area contributed by atoms with Crippen LogP contribution < -0.4 is 0 Å². The zero-order valence-electron chi connectivity index (χ0n) is 27.0. The van der Waals surface area contributed by atoms with E-state index in [2.05, 4.69) is 10.8 Å². The van der Waals surface area contributed by atoms with Gasteiger partial charge in [0.05, 0.1) is 24.7 Å². The van der Waals surface area contributed by atoms with Crippen molar-refractivity contribution < 1.29 is 73.4 Å². The molecule has 1 saturated heterocycles. The van der Waals surface area contributed by atoms with Crippen molar-refractivity contribution in [3.05, 3.63) is 12.2 Å². The van der Waals surface area contributed by atoms with E-state index in [1.54, 1.807) is 13.8 Å². The van der Waals surface area contributed by atoms with Crippen molar-refractivity contribution in [2.45, 2.75) is 115 Å². The second-order valence-corrected chi connectivity index (χ2v) is 16.9. The number of fused-ring (bicyclic) bond motifs is 3. The van der Waals surface area contributed by atoms with Crippen LogP contribution in [-0.4, -0.2) is 103 Å². The Morgan fingerprint density at radius 2 is 1.67 bits per heavy atom. The van der Waals surface area contributed by atoms with Gasteiger partial charge in [0.1, 0.15) is 12.2 Å². The monoisotopic (exact) mass is 726 g/mol. The van der Waals surface area contributed by atoms with Crippen molar-refractivity contribution in [1.29, 1.82) is 0 Å². The molecule has 0 unspecified atom stereocenters. The first-order valence-corrected chi connectivity index (χ1v) is 18.9. The highest BCUT2D eigenvalue weighted by atomic mass is 32.3. The first kappa shape index (κ1) is 37.5. The van der Waals surface area contributed by atoms with E-state index < -0.39 is 99.0 Å². The molecule has 0 aromatic carbocycles. The molecule has 5 rings (SSSR count). The van der Waals surface area contributed by atoms with E-state index in [1.807, 2.05) is 6.92 Å². The van der Waals surface area contributed by atoms with Gasteiger partial charge in [0.15, 0.2) is 18.5 Å². The quantitative estimate of drug-likeness (QED) is 0.0879. The third-order valence-electron chi connectivity index (χ3n) is 11.5. The first-order chi connectivity index (χ1) is 22.2. The number of aliphatic carboxylic acids is 1. The number of hydrogen-bond acceptors (Lipinski definition) is 13. The smallest absolute Gasteiger partial charge is 0.397 e. The fourth-order valence-electron chi connectivity index (χ4n) is 9.82. The summed E-state index contributed by atoms with van der Waals surface area (Å²) >= 11 is 0. The van der Waals surface area contributed by atoms with Gasteiger partial charge in [-0.3, -0.25) is 18.7 Å². The van der Waals surface area contributed by atoms with Gasteiger partial charge in [-0.15, -0.1) is 0 Å². The van der Waals surface area contributed by atoms with Gasteiger partial charge in [0, 0.05) is 11.8 Å². The van der Waals surface area contributed by atoms with E-state index in [9.17, 15) is 50.8 Å². The third kappa shape index (κ3) is 7.20. The van der Waals surface area contributed by atoms with Gasteiger partial charge >= 0.3 is 32.7 Å². The van der Waals surface area contributed by atoms with Crippen molar-refractivity contribution >= 4 is 32.7 Å². The molecule has 0 aromatic heterocycles. The van der Waals surface area contributed by atoms with Crippen LogP contribution in [0.1, 0.15) is 72.1 Å². The van der Waals surface area contributed by atoms with Gasteiger partial charge in [-0.2, -0.15) is 16.8 Å². The highest BCUT2D eigenvalue weighted by molar-refractivity contribution is 7.81. The molecule has 18 heteroatoms. The van der Waals surface area contributed by atoms with Crippen LogP contribution in [0, 0.1) is 40.4 Å². The van der Waals surface area contributed by atoms with Crippen LogP contribution in [0.3, 0.4) is 0 Å². The van der Waals surface area contributed by atoms with Gasteiger partial charge in [-0.05, 0) is 79.6 Å². The molecule has 4 aliphatic carbocycles. The molecule has 1 aliphatic heterocycles. The minimum absolute atomic E-state index is 0.0156. The molecule has 2 bridgehead atoms. The summed E-state index contributed by atoms with van der Waals surface area (Å²) in [4.78, 5) is 25.7. The lowest BCUT2D eigenvalue weighted by Crippen LogP contribution is -2.64. The predicted octanol–water partition coefficient (Wildman–Crippen LogP) is 1.67. The van der Waals surface area contributed by atoms with E-state index in [1.165, 1.54) is 0 Å². The molecule has 1 heterocycles. The zero-order valence-corrected chi connectivity index (χ0v) is 28.7. The summed E-state index contributed by atoms with van der Waals surface area (Å²) < 4.78 is 93.5. The maximum atomic E-state index is 12.9. The molecule has 5 N–H and O–H groups in total. The van der Waals surface area contributed by atoms with Crippen molar-refractivity contribution in [1.82, 2.24) is 0 Å². The number of hydrogen-bond donors (Lipinski definition) is 5. The fourth-order valence-corrected chi connectivity index (χ4v) is 10.8. The summed E-state index contributed by atoms with van der Waals surface area (Å²) in [6.07, 6.45) is -7.93. The lowest BCUT2D eigenvalue weighted by atomic mass is 9.43. The molecule has 5 fully saturated rings. The summed E-state index contributed by atoms with van der Waals surface area (Å²) in [5, 5.41) is 32.0. The number of carbonyl (C=O) groups is 2. The normalized spacial score (nSPS) is 43.0. The highest BCUT2D eigenvalue weighted by Gasteiger charge is 2.67. The second-order valence-electron chi connectivity index (χ2n) is 14.8. The fraction of sp³-hybridized carbons (Fsp3) is 0.867. The van der Waals surface area contributed by atoms with Crippen molar-refractivity contribution in [3.8, 4) is 0 Å². The van der Waals surface area contributed by atoms with Gasteiger partial charge in [0.2, 0.25) is 0 Å². The predicted molar refractivity (Wildman–Crippen MR) is 162 cm³/mol. The average Bonchev–Trinajstić information content (AvgIpc) is 3.12. The van der Waals surface area contributed by atoms with Crippen LogP contribution >= 0.6 is 0 Å². The molecule has 0 aromatic rings. The number of carbonyl (C=O) groups excluding carboxylic acids is 1. The minimum Gasteiger partial charge on any atom is -0.481 e. The van der Waals surface area contributed by atoms with Crippen LogP contribution in [0.25, 0.3) is 0 Å². The minimum atomic E-state index is -5.42. The topological polar surface area (TPSA) is 250 Å². The van der Waals surface area contributed by atoms with Gasteiger partial charge < -0.3 is 29.5 Å². The maximum Gasteiger partial charge on any atom is 0.397 e. The van der Waals surface area contributed by atoms with E-state index in [0.29, 0.717) is 12.8 Å². The number of carboxylic acid groups (broad SMARTS) is 1. The average molecular weight is 727 g/mol. The summed E-state index contributed by atoms with van der Waals surface area (Å²) in [7, 11) is -10.8. The molecule has 0 radical (unpaired) electrons. The van der Waals surface area contributed by atoms with E-state index in [-0.39, 0.29) is 42.9 Å². The van der Waals surface area contributed by atoms with E-state index >= 15 is 0 Å². The van der Waals surface area contributed by atoms with Gasteiger partial charge in [0.25, 0.3) is 0 Å². The van der Waals surface area contributed by atoms with E-state index in [0.717, 1.165) is 24.8 Å². The first-order valence-electron chi connectivity index (χ1n) is 16.2. The Kier molecular flexibility index (Phi) is 10.5. The van der Waals surface area contributed by atoms with E-state index in [4.69, 9.17) is 18.4 Å². The molecule has 13 atom stereocenters. The summed E-state index contributed by atoms with van der Waals surface area (Å²) in [5.74, 6) is -3.25. The molecular formula is C30H46O16S2. The van der Waals surface area contributed by atoms with Crippen LogP contribution in [0.5, 0.6) is 0 Å². The van der Waals surface area contributed by atoms with Crippen LogP contribution in [-0.2, 0) is 53.0 Å². The SMILES string of the molecule is C=C1[C@H]2CC[C@@H]3[C@]4(C)C[C@H](O[C@H]5O[C@H](CO)[C@@H](OS(=O)(=O)O)[C@H](OS(=O)(=O)O)[C@H]5OC(=O)CC(C)C)C[C@@H](C(=O)O)[C@@H]4CC[C@]3(C2)[C@H]1O. The van der Waals surface area contributed by atoms with Crippen molar-refractivity contribution in [2.75, 3.05) is 6.61 Å². The standard InChI is InChI=1S/C30H46O16S2/c1-14(2)9-22(32)44-25-24(46-48(39,40)41)23(45-47(36,37)38)20(13-31)43-28(25)42-17-10-18(27(34)35)19-7-8-30-11-16(15(3)26(30)33)5-6-21(30)29(19,4)12-17/h14,16-21,23-26,28,31,33H,3,5-13H2,1-2,4H3,(H,34,35)(H,36,37,38)(H,39,40,41)/t16-,17+,18+,19-,20+,21+,23+,24-,25+,26-,28-,29+,30+/m0/s1. The Morgan fingerprint density at radius 1 is 1.02 bits per heavy atom. The number of ether oxygens (including phenoxy) is 3. The van der Waals surface area contributed by atoms with Gasteiger partial charge in [-0.1, -0.05) is 27.4 Å². The van der Waals surface area contributed by atoms with Crippen LogP contribution in [0.4, 0.5) is 0 Å². The Bertz CT molecular complexity index is 1480. The molecule has 4 saturated carbocycles.